The monoisotopic (exact) mass is 393 g/mol. The average molecular weight is 394 g/mol. The summed E-state index contributed by atoms with van der Waals surface area (Å²) in [5.41, 5.74) is 4.46. The Kier molecular flexibility index (Phi) is 7.32. The Hall–Kier alpha value is -2.33. The molecular weight excluding hydrogens is 358 g/mol. The lowest BCUT2D eigenvalue weighted by Crippen LogP contribution is -2.46. The number of hydrogen-bond acceptors (Lipinski definition) is 4. The van der Waals surface area contributed by atoms with Gasteiger partial charge in [-0.05, 0) is 43.5 Å². The largest absolute Gasteiger partial charge is 0.369 e. The number of rotatable bonds is 7. The summed E-state index contributed by atoms with van der Waals surface area (Å²) in [6.45, 7) is 15.0. The molecule has 4 nitrogen and oxygen atoms in total. The molecule has 1 saturated heterocycles. The van der Waals surface area contributed by atoms with Gasteiger partial charge in [0.05, 0.1) is 5.69 Å². The van der Waals surface area contributed by atoms with Gasteiger partial charge in [0, 0.05) is 57.1 Å². The van der Waals surface area contributed by atoms with E-state index in [1.54, 1.807) is 0 Å². The summed E-state index contributed by atoms with van der Waals surface area (Å²) >= 11 is 0. The second-order valence-corrected chi connectivity index (χ2v) is 8.14. The van der Waals surface area contributed by atoms with E-state index in [0.29, 0.717) is 5.92 Å². The molecule has 2 aromatic rings. The van der Waals surface area contributed by atoms with Gasteiger partial charge in [-0.25, -0.2) is 0 Å². The summed E-state index contributed by atoms with van der Waals surface area (Å²) in [6.07, 6.45) is 0. The van der Waals surface area contributed by atoms with E-state index in [4.69, 9.17) is 0 Å². The van der Waals surface area contributed by atoms with E-state index in [9.17, 15) is 4.79 Å². The zero-order valence-electron chi connectivity index (χ0n) is 18.4. The van der Waals surface area contributed by atoms with Gasteiger partial charge in [0.2, 0.25) is 5.43 Å². The summed E-state index contributed by atoms with van der Waals surface area (Å²) in [6, 6.07) is 16.9. The number of para-hydroxylation sites is 1. The van der Waals surface area contributed by atoms with Crippen LogP contribution in [0.2, 0.25) is 0 Å². The van der Waals surface area contributed by atoms with E-state index in [2.05, 4.69) is 90.9 Å². The van der Waals surface area contributed by atoms with E-state index >= 15 is 0 Å². The van der Waals surface area contributed by atoms with Crippen LogP contribution in [0.4, 0.5) is 11.4 Å². The third-order valence-corrected chi connectivity index (χ3v) is 5.96. The first-order chi connectivity index (χ1) is 14.0. The van der Waals surface area contributed by atoms with Gasteiger partial charge in [-0.1, -0.05) is 44.2 Å². The Labute approximate surface area is 175 Å². The molecule has 1 aliphatic heterocycles. The van der Waals surface area contributed by atoms with Crippen molar-refractivity contribution in [2.24, 2.45) is 0 Å². The lowest BCUT2D eigenvalue weighted by molar-refractivity contribution is 0.249. The molecule has 1 fully saturated rings. The lowest BCUT2D eigenvalue weighted by atomic mass is 10.1. The molecule has 0 spiro atoms. The van der Waals surface area contributed by atoms with Gasteiger partial charge in [-0.3, -0.25) is 9.69 Å². The van der Waals surface area contributed by atoms with Crippen LogP contribution in [-0.2, 0) is 6.54 Å². The fraction of sp³-hybridized carbons (Fsp3) is 0.480. The molecule has 29 heavy (non-hydrogen) atoms. The first-order valence-electron chi connectivity index (χ1n) is 11.0. The topological polar surface area (TPSA) is 26.8 Å². The van der Waals surface area contributed by atoms with Gasteiger partial charge in [0.1, 0.15) is 0 Å². The minimum Gasteiger partial charge on any atom is -0.369 e. The molecule has 0 bridgehead atoms. The van der Waals surface area contributed by atoms with Crippen molar-refractivity contribution in [2.75, 3.05) is 49.1 Å². The Morgan fingerprint density at radius 3 is 2.17 bits per heavy atom. The molecule has 0 aromatic heterocycles. The first-order valence-corrected chi connectivity index (χ1v) is 11.0. The van der Waals surface area contributed by atoms with Crippen molar-refractivity contribution < 1.29 is 0 Å². The Bertz CT molecular complexity index is 838. The van der Waals surface area contributed by atoms with E-state index in [-0.39, 0.29) is 5.43 Å². The zero-order valence-corrected chi connectivity index (χ0v) is 18.4. The maximum Gasteiger partial charge on any atom is 0.206 e. The van der Waals surface area contributed by atoms with Crippen molar-refractivity contribution in [3.63, 3.8) is 0 Å². The quantitative estimate of drug-likeness (QED) is 0.699. The van der Waals surface area contributed by atoms with Gasteiger partial charge in [0.15, 0.2) is 0 Å². The second-order valence-electron chi connectivity index (χ2n) is 8.14. The normalized spacial score (nSPS) is 15.0. The Balaban J connectivity index is 1.79. The molecule has 4 heteroatoms. The summed E-state index contributed by atoms with van der Waals surface area (Å²) in [7, 11) is 0. The smallest absolute Gasteiger partial charge is 0.206 e. The van der Waals surface area contributed by atoms with E-state index in [0.717, 1.165) is 57.1 Å². The van der Waals surface area contributed by atoms with Crippen molar-refractivity contribution in [1.82, 2.24) is 4.90 Å². The third kappa shape index (κ3) is 5.18. The molecule has 156 valence electrons. The maximum atomic E-state index is 13.4. The number of piperazine rings is 1. The van der Waals surface area contributed by atoms with Crippen molar-refractivity contribution in [2.45, 2.75) is 40.2 Å². The number of nitrogens with zero attached hydrogens (tertiary/aromatic N) is 3. The highest BCUT2D eigenvalue weighted by Gasteiger charge is 2.19. The highest BCUT2D eigenvalue weighted by Crippen LogP contribution is 2.20. The summed E-state index contributed by atoms with van der Waals surface area (Å²) < 4.78 is 0. The van der Waals surface area contributed by atoms with Crippen molar-refractivity contribution >= 4 is 11.4 Å². The molecular formula is C25H35N3O. The van der Waals surface area contributed by atoms with E-state index < -0.39 is 0 Å². The molecule has 1 heterocycles. The molecule has 0 unspecified atom stereocenters. The van der Waals surface area contributed by atoms with Crippen LogP contribution in [0, 0.1) is 0 Å². The van der Waals surface area contributed by atoms with Crippen molar-refractivity contribution in [3.05, 3.63) is 69.9 Å². The molecule has 0 amide bonds. The first kappa shape index (κ1) is 21.4. The Morgan fingerprint density at radius 1 is 0.931 bits per heavy atom. The van der Waals surface area contributed by atoms with Crippen LogP contribution < -0.4 is 15.2 Å². The van der Waals surface area contributed by atoms with Crippen LogP contribution >= 0.6 is 0 Å². The van der Waals surface area contributed by atoms with Crippen LogP contribution in [0.15, 0.2) is 53.3 Å². The van der Waals surface area contributed by atoms with Gasteiger partial charge >= 0.3 is 0 Å². The number of benzene rings is 1. The van der Waals surface area contributed by atoms with Crippen LogP contribution in [0.1, 0.15) is 44.7 Å². The van der Waals surface area contributed by atoms with Gasteiger partial charge in [-0.15, -0.1) is 0 Å². The van der Waals surface area contributed by atoms with Gasteiger partial charge < -0.3 is 9.80 Å². The minimum atomic E-state index is 0.186. The SMILES string of the molecule is CCN(CC)c1cc(C(C)C)ccc(CN2CCN(c3ccccc3)CC2)c1=O. The Morgan fingerprint density at radius 2 is 1.59 bits per heavy atom. The molecule has 2 aromatic carbocycles. The molecule has 0 aliphatic carbocycles. The van der Waals surface area contributed by atoms with E-state index in [1.165, 1.54) is 11.3 Å². The lowest BCUT2D eigenvalue weighted by Gasteiger charge is -2.36. The number of anilines is 2. The fourth-order valence-electron chi connectivity index (χ4n) is 4.04. The van der Waals surface area contributed by atoms with Gasteiger partial charge in [0.25, 0.3) is 0 Å². The summed E-state index contributed by atoms with van der Waals surface area (Å²) in [5.74, 6) is 0.401. The fourth-order valence-corrected chi connectivity index (χ4v) is 4.04. The van der Waals surface area contributed by atoms with Crippen LogP contribution in [0.3, 0.4) is 0 Å². The zero-order chi connectivity index (χ0) is 20.8. The van der Waals surface area contributed by atoms with Crippen LogP contribution in [0.5, 0.6) is 0 Å². The van der Waals surface area contributed by atoms with Gasteiger partial charge in [-0.2, -0.15) is 0 Å². The second kappa shape index (κ2) is 9.93. The standard InChI is InChI=1S/C25H35N3O/c1-5-27(6-2)24-18-21(20(3)4)12-13-22(25(24)29)19-26-14-16-28(17-15-26)23-10-8-7-9-11-23/h7-13,18,20H,5-6,14-17,19H2,1-4H3. The molecule has 0 N–H and O–H groups in total. The predicted molar refractivity (Wildman–Crippen MR) is 124 cm³/mol. The van der Waals surface area contributed by atoms with Crippen LogP contribution in [0.25, 0.3) is 0 Å². The van der Waals surface area contributed by atoms with Crippen molar-refractivity contribution in [3.8, 4) is 0 Å². The average Bonchev–Trinajstić information content (AvgIpc) is 2.90. The molecule has 0 saturated carbocycles. The number of hydrogen-bond donors (Lipinski definition) is 0. The maximum absolute atomic E-state index is 13.4. The summed E-state index contributed by atoms with van der Waals surface area (Å²) in [5, 5.41) is 0. The summed E-state index contributed by atoms with van der Waals surface area (Å²) in [4.78, 5) is 20.4. The van der Waals surface area contributed by atoms with E-state index in [1.807, 2.05) is 0 Å². The molecule has 1 aliphatic rings. The molecule has 0 radical (unpaired) electrons. The minimum absolute atomic E-state index is 0.186. The highest BCUT2D eigenvalue weighted by atomic mass is 16.1. The van der Waals surface area contributed by atoms with Crippen molar-refractivity contribution in [1.29, 1.82) is 0 Å². The molecule has 0 atom stereocenters. The van der Waals surface area contributed by atoms with Crippen LogP contribution in [-0.4, -0.2) is 44.2 Å². The molecule has 3 rings (SSSR count). The predicted octanol–water partition coefficient (Wildman–Crippen LogP) is 4.34. The third-order valence-electron chi connectivity index (χ3n) is 5.96. The highest BCUT2D eigenvalue weighted by molar-refractivity contribution is 5.50.